The van der Waals surface area contributed by atoms with Gasteiger partial charge in [0.1, 0.15) is 5.82 Å². The zero-order chi connectivity index (χ0) is 20.9. The van der Waals surface area contributed by atoms with Gasteiger partial charge in [-0.1, -0.05) is 11.2 Å². The second-order valence-electron chi connectivity index (χ2n) is 7.46. The molecule has 1 N–H and O–H groups in total. The number of amides is 2. The largest absolute Gasteiger partial charge is 0.356 e. The first-order chi connectivity index (χ1) is 14.6. The lowest BCUT2D eigenvalue weighted by Gasteiger charge is -2.31. The molecule has 0 aliphatic carbocycles. The van der Waals surface area contributed by atoms with Gasteiger partial charge in [0.2, 0.25) is 11.8 Å². The minimum absolute atomic E-state index is 0.0199. The molecule has 1 aliphatic heterocycles. The average molecular weight is 410 g/mol. The molecule has 8 heteroatoms. The Morgan fingerprint density at radius 3 is 2.77 bits per heavy atom. The second-order valence-corrected chi connectivity index (χ2v) is 7.46. The molecular weight excluding hydrogens is 387 g/mol. The van der Waals surface area contributed by atoms with Crippen molar-refractivity contribution >= 4 is 22.8 Å². The van der Waals surface area contributed by atoms with Gasteiger partial charge in [-0.3, -0.25) is 14.6 Å². The molecular formula is C22H23FN4O3. The van der Waals surface area contributed by atoms with Crippen LogP contribution in [0.4, 0.5) is 4.39 Å². The summed E-state index contributed by atoms with van der Waals surface area (Å²) in [5.74, 6) is -0.365. The lowest BCUT2D eigenvalue weighted by Crippen LogP contribution is -2.38. The highest BCUT2D eigenvalue weighted by atomic mass is 19.1. The van der Waals surface area contributed by atoms with Crippen molar-refractivity contribution < 1.29 is 18.5 Å². The van der Waals surface area contributed by atoms with Gasteiger partial charge in [-0.05, 0) is 37.1 Å². The molecule has 7 nitrogen and oxygen atoms in total. The van der Waals surface area contributed by atoms with Crippen LogP contribution in [0.3, 0.4) is 0 Å². The number of likely N-dealkylation sites (tertiary alicyclic amines) is 1. The summed E-state index contributed by atoms with van der Waals surface area (Å²) in [5.41, 5.74) is 2.05. The van der Waals surface area contributed by atoms with Crippen molar-refractivity contribution in [3.05, 3.63) is 59.8 Å². The van der Waals surface area contributed by atoms with Crippen molar-refractivity contribution in [1.29, 1.82) is 0 Å². The predicted molar refractivity (Wildman–Crippen MR) is 108 cm³/mol. The molecule has 1 fully saturated rings. The first-order valence-corrected chi connectivity index (χ1v) is 10.1. The van der Waals surface area contributed by atoms with Crippen molar-refractivity contribution in [2.24, 2.45) is 0 Å². The van der Waals surface area contributed by atoms with E-state index in [-0.39, 0.29) is 36.4 Å². The molecule has 4 rings (SSSR count). The van der Waals surface area contributed by atoms with Crippen LogP contribution in [-0.2, 0) is 16.1 Å². The molecule has 2 amide bonds. The average Bonchev–Trinajstić information content (AvgIpc) is 3.20. The van der Waals surface area contributed by atoms with Crippen LogP contribution < -0.4 is 5.32 Å². The summed E-state index contributed by atoms with van der Waals surface area (Å²) in [4.78, 5) is 30.4. The highest BCUT2D eigenvalue weighted by molar-refractivity contribution is 5.84. The van der Waals surface area contributed by atoms with Crippen LogP contribution in [0.5, 0.6) is 0 Å². The number of pyridine rings is 1. The molecule has 2 aromatic heterocycles. The summed E-state index contributed by atoms with van der Waals surface area (Å²) in [7, 11) is 0. The van der Waals surface area contributed by atoms with Crippen LogP contribution in [0.25, 0.3) is 11.0 Å². The van der Waals surface area contributed by atoms with Crippen molar-refractivity contribution in [1.82, 2.24) is 20.4 Å². The minimum atomic E-state index is -0.352. The predicted octanol–water partition coefficient (Wildman–Crippen LogP) is 3.16. The van der Waals surface area contributed by atoms with Gasteiger partial charge in [-0.2, -0.15) is 0 Å². The molecule has 30 heavy (non-hydrogen) atoms. The summed E-state index contributed by atoms with van der Waals surface area (Å²) >= 11 is 0. The highest BCUT2D eigenvalue weighted by Gasteiger charge is 2.27. The fourth-order valence-corrected chi connectivity index (χ4v) is 3.79. The number of hydrogen-bond acceptors (Lipinski definition) is 5. The van der Waals surface area contributed by atoms with Gasteiger partial charge in [-0.15, -0.1) is 0 Å². The third-order valence-corrected chi connectivity index (χ3v) is 5.46. The SMILES string of the molecule is O=C(CCC(=O)N1CCC(c2noc3cc(F)ccc23)CC1)NCc1ccccn1. The number of fused-ring (bicyclic) bond motifs is 1. The van der Waals surface area contributed by atoms with E-state index in [2.05, 4.69) is 15.5 Å². The summed E-state index contributed by atoms with van der Waals surface area (Å²) in [6, 6.07) is 9.95. The van der Waals surface area contributed by atoms with Gasteiger partial charge in [0.15, 0.2) is 5.58 Å². The molecule has 0 atom stereocenters. The van der Waals surface area contributed by atoms with E-state index >= 15 is 0 Å². The van der Waals surface area contributed by atoms with E-state index in [1.54, 1.807) is 17.2 Å². The molecule has 0 bridgehead atoms. The summed E-state index contributed by atoms with van der Waals surface area (Å²) in [6.07, 6.45) is 3.54. The number of carbonyl (C=O) groups excluding carboxylic acids is 2. The topological polar surface area (TPSA) is 88.3 Å². The Hall–Kier alpha value is -3.29. The molecule has 0 spiro atoms. The van der Waals surface area contributed by atoms with Crippen LogP contribution in [0.2, 0.25) is 0 Å². The maximum atomic E-state index is 13.3. The van der Waals surface area contributed by atoms with Crippen molar-refractivity contribution in [2.45, 2.75) is 38.1 Å². The van der Waals surface area contributed by atoms with Crippen LogP contribution in [0.15, 0.2) is 47.1 Å². The number of rotatable bonds is 6. The maximum absolute atomic E-state index is 13.3. The quantitative estimate of drug-likeness (QED) is 0.674. The Bertz CT molecular complexity index is 1030. The van der Waals surface area contributed by atoms with Crippen LogP contribution in [0.1, 0.15) is 43.0 Å². The van der Waals surface area contributed by atoms with Gasteiger partial charge >= 0.3 is 0 Å². The lowest BCUT2D eigenvalue weighted by atomic mass is 9.91. The summed E-state index contributed by atoms with van der Waals surface area (Å²) in [6.45, 7) is 1.57. The number of piperidine rings is 1. The molecule has 3 heterocycles. The van der Waals surface area contributed by atoms with Crippen molar-refractivity contribution in [3.8, 4) is 0 Å². The van der Waals surface area contributed by atoms with Crippen LogP contribution >= 0.6 is 0 Å². The van der Waals surface area contributed by atoms with Gasteiger partial charge < -0.3 is 14.7 Å². The zero-order valence-electron chi connectivity index (χ0n) is 16.5. The smallest absolute Gasteiger partial charge is 0.223 e. The Balaban J connectivity index is 1.23. The monoisotopic (exact) mass is 410 g/mol. The first kappa shape index (κ1) is 20.0. The second kappa shape index (κ2) is 9.02. The lowest BCUT2D eigenvalue weighted by molar-refractivity contribution is -0.134. The molecule has 1 aliphatic rings. The van der Waals surface area contributed by atoms with Crippen molar-refractivity contribution in [3.63, 3.8) is 0 Å². The van der Waals surface area contributed by atoms with Gasteiger partial charge in [0, 0.05) is 49.5 Å². The zero-order valence-corrected chi connectivity index (χ0v) is 16.5. The van der Waals surface area contributed by atoms with Crippen LogP contribution in [-0.4, -0.2) is 39.9 Å². The fraction of sp³-hybridized carbons (Fsp3) is 0.364. The normalized spacial score (nSPS) is 14.8. The Labute approximate surface area is 173 Å². The van der Waals surface area contributed by atoms with Crippen molar-refractivity contribution in [2.75, 3.05) is 13.1 Å². The van der Waals surface area contributed by atoms with E-state index in [9.17, 15) is 14.0 Å². The highest BCUT2D eigenvalue weighted by Crippen LogP contribution is 2.32. The number of nitrogens with zero attached hydrogens (tertiary/aromatic N) is 3. The van der Waals surface area contributed by atoms with Gasteiger partial charge in [-0.25, -0.2) is 4.39 Å². The molecule has 1 saturated heterocycles. The number of carbonyl (C=O) groups is 2. The number of hydrogen-bond donors (Lipinski definition) is 1. The number of nitrogens with one attached hydrogen (secondary N) is 1. The molecule has 1 aromatic carbocycles. The van der Waals surface area contributed by atoms with Gasteiger partial charge in [0.05, 0.1) is 17.9 Å². The molecule has 0 radical (unpaired) electrons. The molecule has 0 unspecified atom stereocenters. The van der Waals surface area contributed by atoms with Gasteiger partial charge in [0.25, 0.3) is 0 Å². The van der Waals surface area contributed by atoms with E-state index in [1.165, 1.54) is 12.1 Å². The third kappa shape index (κ3) is 4.64. The number of benzene rings is 1. The Kier molecular flexibility index (Phi) is 6.02. The van der Waals surface area contributed by atoms with Crippen LogP contribution in [0, 0.1) is 5.82 Å². The minimum Gasteiger partial charge on any atom is -0.356 e. The van der Waals surface area contributed by atoms with E-state index < -0.39 is 0 Å². The van der Waals surface area contributed by atoms with E-state index in [0.29, 0.717) is 25.2 Å². The summed E-state index contributed by atoms with van der Waals surface area (Å²) in [5, 5.41) is 7.74. The molecule has 3 aromatic rings. The van der Waals surface area contributed by atoms with E-state index in [4.69, 9.17) is 4.52 Å². The fourth-order valence-electron chi connectivity index (χ4n) is 3.79. The van der Waals surface area contributed by atoms with E-state index in [0.717, 1.165) is 29.6 Å². The Morgan fingerprint density at radius 1 is 1.17 bits per heavy atom. The standard InChI is InChI=1S/C22H23FN4O3/c23-16-4-5-18-19(13-16)30-26-22(18)15-8-11-27(12-9-15)21(29)7-6-20(28)25-14-17-3-1-2-10-24-17/h1-5,10,13,15H,6-9,11-12,14H2,(H,25,28). The first-order valence-electron chi connectivity index (χ1n) is 10.1. The summed E-state index contributed by atoms with van der Waals surface area (Å²) < 4.78 is 18.6. The third-order valence-electron chi connectivity index (χ3n) is 5.46. The maximum Gasteiger partial charge on any atom is 0.223 e. The van der Waals surface area contributed by atoms with E-state index in [1.807, 2.05) is 18.2 Å². The Morgan fingerprint density at radius 2 is 2.00 bits per heavy atom. The number of aromatic nitrogens is 2. The molecule has 156 valence electrons. The molecule has 0 saturated carbocycles. The number of halogens is 1.